The standard InChI is InChI=1S/C21H28FN3O2/c1-15-21(27)24(11-9-16-3-2-4-16)14-19-23(12-10-20(26)25(15)19)13-17-5-7-18(22)8-6-17/h5-8,15-16,19H,2-4,9-14H2,1H3. The van der Waals surface area contributed by atoms with Crippen LogP contribution in [0.5, 0.6) is 0 Å². The first-order valence-electron chi connectivity index (χ1n) is 10.1. The first-order valence-corrected chi connectivity index (χ1v) is 10.1. The van der Waals surface area contributed by atoms with Crippen LogP contribution in [-0.2, 0) is 16.1 Å². The van der Waals surface area contributed by atoms with Crippen molar-refractivity contribution in [3.05, 3.63) is 35.6 Å². The molecule has 3 aliphatic rings. The van der Waals surface area contributed by atoms with Crippen molar-refractivity contribution in [2.75, 3.05) is 19.6 Å². The predicted octanol–water partition coefficient (Wildman–Crippen LogP) is 2.61. The summed E-state index contributed by atoms with van der Waals surface area (Å²) in [6.45, 7) is 4.55. The maximum absolute atomic E-state index is 13.2. The molecule has 0 spiro atoms. The maximum Gasteiger partial charge on any atom is 0.245 e. The van der Waals surface area contributed by atoms with E-state index < -0.39 is 6.04 Å². The number of amides is 2. The normalized spacial score (nSPS) is 26.9. The summed E-state index contributed by atoms with van der Waals surface area (Å²) in [6, 6.07) is 6.12. The van der Waals surface area contributed by atoms with Crippen LogP contribution in [0.2, 0.25) is 0 Å². The number of benzene rings is 1. The zero-order valence-corrected chi connectivity index (χ0v) is 15.9. The highest BCUT2D eigenvalue weighted by Crippen LogP contribution is 2.31. The van der Waals surface area contributed by atoms with Crippen LogP contribution in [0.1, 0.15) is 44.6 Å². The third kappa shape index (κ3) is 3.72. The number of halogens is 1. The van der Waals surface area contributed by atoms with E-state index in [2.05, 4.69) is 4.90 Å². The van der Waals surface area contributed by atoms with Crippen LogP contribution in [0.15, 0.2) is 24.3 Å². The number of nitrogens with zero attached hydrogens (tertiary/aromatic N) is 3. The van der Waals surface area contributed by atoms with Crippen LogP contribution >= 0.6 is 0 Å². The van der Waals surface area contributed by atoms with E-state index in [0.717, 1.165) is 24.4 Å². The average Bonchev–Trinajstić information content (AvgIpc) is 2.61. The van der Waals surface area contributed by atoms with Crippen LogP contribution in [-0.4, -0.2) is 58.4 Å². The Morgan fingerprint density at radius 3 is 2.56 bits per heavy atom. The lowest BCUT2D eigenvalue weighted by atomic mass is 9.83. The van der Waals surface area contributed by atoms with Gasteiger partial charge < -0.3 is 9.80 Å². The van der Waals surface area contributed by atoms with E-state index in [0.29, 0.717) is 26.1 Å². The molecule has 1 aromatic rings. The highest BCUT2D eigenvalue weighted by atomic mass is 19.1. The zero-order chi connectivity index (χ0) is 19.0. The molecular formula is C21H28FN3O2. The molecule has 5 nitrogen and oxygen atoms in total. The van der Waals surface area contributed by atoms with Crippen molar-refractivity contribution < 1.29 is 14.0 Å². The molecule has 2 heterocycles. The van der Waals surface area contributed by atoms with Crippen LogP contribution < -0.4 is 0 Å². The predicted molar refractivity (Wildman–Crippen MR) is 100 cm³/mol. The molecule has 2 amide bonds. The topological polar surface area (TPSA) is 43.9 Å². The second kappa shape index (κ2) is 7.58. The van der Waals surface area contributed by atoms with Crippen LogP contribution in [0.3, 0.4) is 0 Å². The van der Waals surface area contributed by atoms with Crippen LogP contribution in [0.25, 0.3) is 0 Å². The van der Waals surface area contributed by atoms with Crippen molar-refractivity contribution in [3.8, 4) is 0 Å². The summed E-state index contributed by atoms with van der Waals surface area (Å²) in [4.78, 5) is 31.3. The van der Waals surface area contributed by atoms with E-state index in [1.54, 1.807) is 17.0 Å². The van der Waals surface area contributed by atoms with Gasteiger partial charge in [-0.15, -0.1) is 0 Å². The monoisotopic (exact) mass is 373 g/mol. The van der Waals surface area contributed by atoms with Gasteiger partial charge in [0.2, 0.25) is 11.8 Å². The third-order valence-corrected chi connectivity index (χ3v) is 6.44. The fraction of sp³-hybridized carbons (Fsp3) is 0.619. The van der Waals surface area contributed by atoms with Crippen LogP contribution in [0, 0.1) is 11.7 Å². The number of carbonyl (C=O) groups excluding carboxylic acids is 2. The van der Waals surface area contributed by atoms with Crippen LogP contribution in [0.4, 0.5) is 4.39 Å². The Bertz CT molecular complexity index is 704. The Balaban J connectivity index is 1.49. The fourth-order valence-electron chi connectivity index (χ4n) is 4.54. The number of piperazine rings is 1. The Morgan fingerprint density at radius 2 is 1.89 bits per heavy atom. The largest absolute Gasteiger partial charge is 0.337 e. The molecule has 2 atom stereocenters. The van der Waals surface area contributed by atoms with Gasteiger partial charge in [-0.1, -0.05) is 31.4 Å². The van der Waals surface area contributed by atoms with Gasteiger partial charge in [-0.05, 0) is 37.0 Å². The van der Waals surface area contributed by atoms with Gasteiger partial charge in [0.05, 0.1) is 6.54 Å². The minimum absolute atomic E-state index is 0.0647. The third-order valence-electron chi connectivity index (χ3n) is 6.44. The second-order valence-electron chi connectivity index (χ2n) is 8.17. The number of hydrogen-bond acceptors (Lipinski definition) is 3. The lowest BCUT2D eigenvalue weighted by molar-refractivity contribution is -0.169. The fourth-order valence-corrected chi connectivity index (χ4v) is 4.54. The summed E-state index contributed by atoms with van der Waals surface area (Å²) in [5.74, 6) is 0.653. The summed E-state index contributed by atoms with van der Waals surface area (Å²) < 4.78 is 13.2. The number of hydrogen-bond donors (Lipinski definition) is 0. The molecule has 1 aromatic carbocycles. The van der Waals surface area contributed by atoms with E-state index in [-0.39, 0.29) is 23.8 Å². The van der Waals surface area contributed by atoms with Gasteiger partial charge >= 0.3 is 0 Å². The van der Waals surface area contributed by atoms with Gasteiger partial charge in [-0.25, -0.2) is 4.39 Å². The first kappa shape index (κ1) is 18.4. The lowest BCUT2D eigenvalue weighted by Crippen LogP contribution is -2.69. The summed E-state index contributed by atoms with van der Waals surface area (Å²) in [5.41, 5.74) is 1.02. The molecule has 1 saturated carbocycles. The van der Waals surface area contributed by atoms with Gasteiger partial charge in [-0.2, -0.15) is 0 Å². The van der Waals surface area contributed by atoms with E-state index in [1.807, 2.05) is 11.8 Å². The average molecular weight is 373 g/mol. The minimum atomic E-state index is -0.409. The van der Waals surface area contributed by atoms with E-state index in [1.165, 1.54) is 31.4 Å². The van der Waals surface area contributed by atoms with E-state index in [4.69, 9.17) is 0 Å². The molecule has 6 heteroatoms. The Morgan fingerprint density at radius 1 is 1.15 bits per heavy atom. The van der Waals surface area contributed by atoms with Crippen molar-refractivity contribution in [1.29, 1.82) is 0 Å². The Kier molecular flexibility index (Phi) is 5.17. The molecule has 0 bridgehead atoms. The summed E-state index contributed by atoms with van der Waals surface area (Å²) in [5, 5.41) is 0. The SMILES string of the molecule is CC1C(=O)N(CCC2CCC2)CC2N(Cc3ccc(F)cc3)CCC(=O)N12. The Hall–Kier alpha value is -1.95. The first-order chi connectivity index (χ1) is 13.0. The van der Waals surface area contributed by atoms with Gasteiger partial charge in [0.1, 0.15) is 18.0 Å². The summed E-state index contributed by atoms with van der Waals surface area (Å²) in [6.07, 6.45) is 5.27. The quantitative estimate of drug-likeness (QED) is 0.797. The van der Waals surface area contributed by atoms with E-state index in [9.17, 15) is 14.0 Å². The number of rotatable bonds is 5. The zero-order valence-electron chi connectivity index (χ0n) is 15.9. The smallest absolute Gasteiger partial charge is 0.245 e. The van der Waals surface area contributed by atoms with Crippen molar-refractivity contribution in [1.82, 2.24) is 14.7 Å². The summed E-state index contributed by atoms with van der Waals surface area (Å²) >= 11 is 0. The molecule has 0 radical (unpaired) electrons. The summed E-state index contributed by atoms with van der Waals surface area (Å²) in [7, 11) is 0. The van der Waals surface area contributed by atoms with E-state index >= 15 is 0 Å². The van der Waals surface area contributed by atoms with Crippen molar-refractivity contribution >= 4 is 11.8 Å². The minimum Gasteiger partial charge on any atom is -0.337 e. The molecule has 2 aliphatic heterocycles. The molecule has 3 fully saturated rings. The lowest BCUT2D eigenvalue weighted by Gasteiger charge is -2.52. The highest BCUT2D eigenvalue weighted by Gasteiger charge is 2.45. The molecule has 0 aromatic heterocycles. The molecule has 27 heavy (non-hydrogen) atoms. The molecular weight excluding hydrogens is 345 g/mol. The van der Waals surface area contributed by atoms with Gasteiger partial charge in [-0.3, -0.25) is 14.5 Å². The van der Waals surface area contributed by atoms with Crippen molar-refractivity contribution in [2.45, 2.75) is 57.8 Å². The second-order valence-corrected chi connectivity index (χ2v) is 8.17. The maximum atomic E-state index is 13.2. The molecule has 1 aliphatic carbocycles. The number of fused-ring (bicyclic) bond motifs is 1. The molecule has 2 unspecified atom stereocenters. The molecule has 0 N–H and O–H groups in total. The van der Waals surface area contributed by atoms with Crippen molar-refractivity contribution in [3.63, 3.8) is 0 Å². The molecule has 4 rings (SSSR count). The van der Waals surface area contributed by atoms with Gasteiger partial charge in [0.15, 0.2) is 0 Å². The van der Waals surface area contributed by atoms with Gasteiger partial charge in [0.25, 0.3) is 0 Å². The molecule has 2 saturated heterocycles. The highest BCUT2D eigenvalue weighted by molar-refractivity contribution is 5.89. The number of carbonyl (C=O) groups is 2. The van der Waals surface area contributed by atoms with Crippen molar-refractivity contribution in [2.24, 2.45) is 5.92 Å². The Labute approximate surface area is 160 Å². The van der Waals surface area contributed by atoms with Gasteiger partial charge in [0, 0.05) is 26.1 Å². The molecule has 146 valence electrons.